The number of rotatable bonds is 5. The molecule has 0 aliphatic carbocycles. The van der Waals surface area contributed by atoms with E-state index in [-0.39, 0.29) is 5.91 Å². The fraction of sp³-hybridized carbons (Fsp3) is 0.143. The largest absolute Gasteiger partial charge is 0.495 e. The van der Waals surface area contributed by atoms with Gasteiger partial charge in [0.1, 0.15) is 5.75 Å². The first kappa shape index (κ1) is 18.7. The second-order valence-electron chi connectivity index (χ2n) is 6.14. The molecule has 0 bridgehead atoms. The van der Waals surface area contributed by atoms with Crippen molar-refractivity contribution in [2.24, 2.45) is 0 Å². The molecule has 27 heavy (non-hydrogen) atoms. The molecule has 0 saturated heterocycles. The van der Waals surface area contributed by atoms with Crippen LogP contribution in [0.3, 0.4) is 0 Å². The van der Waals surface area contributed by atoms with Crippen molar-refractivity contribution in [1.82, 2.24) is 4.98 Å². The Kier molecular flexibility index (Phi) is 5.62. The fourth-order valence-corrected chi connectivity index (χ4v) is 2.88. The Labute approximate surface area is 163 Å². The molecule has 6 heteroatoms. The Morgan fingerprint density at radius 3 is 2.63 bits per heavy atom. The molecule has 0 atom stereocenters. The van der Waals surface area contributed by atoms with Gasteiger partial charge in [0.15, 0.2) is 0 Å². The highest BCUT2D eigenvalue weighted by Gasteiger charge is 2.10. The number of pyridine rings is 1. The summed E-state index contributed by atoms with van der Waals surface area (Å²) in [6.07, 6.45) is 3.21. The van der Waals surface area contributed by atoms with Gasteiger partial charge in [-0.3, -0.25) is 9.78 Å². The van der Waals surface area contributed by atoms with Gasteiger partial charge in [0, 0.05) is 17.6 Å². The number of amides is 1. The number of aryl methyl sites for hydroxylation is 1. The summed E-state index contributed by atoms with van der Waals surface area (Å²) in [5.41, 5.74) is 5.09. The van der Waals surface area contributed by atoms with Crippen LogP contribution in [-0.2, 0) is 0 Å². The molecular weight excluding hydrogens is 362 g/mol. The minimum absolute atomic E-state index is 0.270. The number of carbonyl (C=O) groups is 1. The minimum atomic E-state index is -0.270. The number of hydrogen-bond donors (Lipinski definition) is 2. The van der Waals surface area contributed by atoms with Crippen LogP contribution in [0.1, 0.15) is 21.5 Å². The van der Waals surface area contributed by atoms with E-state index in [1.807, 2.05) is 12.1 Å². The molecule has 5 nitrogen and oxygen atoms in total. The molecule has 0 aliphatic rings. The lowest BCUT2D eigenvalue weighted by Gasteiger charge is -2.12. The van der Waals surface area contributed by atoms with Crippen LogP contribution in [0.15, 0.2) is 54.9 Å². The van der Waals surface area contributed by atoms with Gasteiger partial charge in [0.05, 0.1) is 29.6 Å². The molecule has 2 N–H and O–H groups in total. The number of carbonyl (C=O) groups excluding carboxylic acids is 1. The van der Waals surface area contributed by atoms with Gasteiger partial charge >= 0.3 is 0 Å². The number of aromatic nitrogens is 1. The molecule has 0 spiro atoms. The molecule has 2 aromatic carbocycles. The van der Waals surface area contributed by atoms with Gasteiger partial charge in [-0.1, -0.05) is 23.7 Å². The number of methoxy groups -OCH3 is 1. The molecule has 1 heterocycles. The van der Waals surface area contributed by atoms with Crippen molar-refractivity contribution in [3.8, 4) is 5.75 Å². The van der Waals surface area contributed by atoms with Crippen molar-refractivity contribution in [3.63, 3.8) is 0 Å². The summed E-state index contributed by atoms with van der Waals surface area (Å²) in [5, 5.41) is 6.56. The number of benzene rings is 2. The lowest BCUT2D eigenvalue weighted by molar-refractivity contribution is 0.102. The van der Waals surface area contributed by atoms with Gasteiger partial charge < -0.3 is 15.4 Å². The predicted octanol–water partition coefficient (Wildman–Crippen LogP) is 5.36. The van der Waals surface area contributed by atoms with Crippen LogP contribution in [-0.4, -0.2) is 18.0 Å². The molecule has 1 aromatic heterocycles. The van der Waals surface area contributed by atoms with Gasteiger partial charge in [-0.15, -0.1) is 0 Å². The number of hydrogen-bond acceptors (Lipinski definition) is 4. The van der Waals surface area contributed by atoms with Gasteiger partial charge in [0.2, 0.25) is 0 Å². The quantitative estimate of drug-likeness (QED) is 0.624. The molecule has 0 radical (unpaired) electrons. The van der Waals surface area contributed by atoms with E-state index < -0.39 is 0 Å². The zero-order valence-corrected chi connectivity index (χ0v) is 16.1. The van der Waals surface area contributed by atoms with E-state index in [2.05, 4.69) is 35.5 Å². The molecule has 0 unspecified atom stereocenters. The summed E-state index contributed by atoms with van der Waals surface area (Å²) >= 11 is 6.10. The standard InChI is InChI=1S/C21H20ClN3O2/c1-13-5-4-6-19(14(13)2)24-17-9-15(11-23-12-17)21(26)25-16-7-8-20(27-3)18(22)10-16/h4-12,24H,1-3H3,(H,25,26). The average molecular weight is 382 g/mol. The third kappa shape index (κ3) is 4.38. The first-order chi connectivity index (χ1) is 13.0. The van der Waals surface area contributed by atoms with Crippen LogP contribution in [0.25, 0.3) is 0 Å². The molecule has 3 aromatic rings. The maximum atomic E-state index is 12.6. The van der Waals surface area contributed by atoms with E-state index in [4.69, 9.17) is 16.3 Å². The second-order valence-corrected chi connectivity index (χ2v) is 6.55. The molecule has 0 fully saturated rings. The molecule has 1 amide bonds. The Bertz CT molecular complexity index is 989. The van der Waals surface area contributed by atoms with Crippen LogP contribution in [0, 0.1) is 13.8 Å². The van der Waals surface area contributed by atoms with Gasteiger partial charge in [-0.2, -0.15) is 0 Å². The third-order valence-electron chi connectivity index (χ3n) is 4.29. The van der Waals surface area contributed by atoms with Crippen molar-refractivity contribution in [1.29, 1.82) is 0 Å². The Morgan fingerprint density at radius 2 is 1.89 bits per heavy atom. The highest BCUT2D eigenvalue weighted by molar-refractivity contribution is 6.32. The topological polar surface area (TPSA) is 63.2 Å². The summed E-state index contributed by atoms with van der Waals surface area (Å²) in [7, 11) is 1.54. The van der Waals surface area contributed by atoms with E-state index >= 15 is 0 Å². The van der Waals surface area contributed by atoms with E-state index in [0.29, 0.717) is 22.0 Å². The van der Waals surface area contributed by atoms with E-state index in [9.17, 15) is 4.79 Å². The van der Waals surface area contributed by atoms with Crippen molar-refractivity contribution in [2.75, 3.05) is 17.7 Å². The maximum Gasteiger partial charge on any atom is 0.257 e. The van der Waals surface area contributed by atoms with Crippen LogP contribution in [0.2, 0.25) is 5.02 Å². The first-order valence-electron chi connectivity index (χ1n) is 8.41. The minimum Gasteiger partial charge on any atom is -0.495 e. The second kappa shape index (κ2) is 8.10. The molecule has 0 aliphatic heterocycles. The predicted molar refractivity (Wildman–Crippen MR) is 109 cm³/mol. The average Bonchev–Trinajstić information content (AvgIpc) is 2.66. The Balaban J connectivity index is 1.77. The maximum absolute atomic E-state index is 12.6. The third-order valence-corrected chi connectivity index (χ3v) is 4.59. The number of nitrogens with zero attached hydrogens (tertiary/aromatic N) is 1. The molecule has 138 valence electrons. The molecular formula is C21H20ClN3O2. The van der Waals surface area contributed by atoms with Crippen molar-refractivity contribution in [2.45, 2.75) is 13.8 Å². The summed E-state index contributed by atoms with van der Waals surface area (Å²) in [6.45, 7) is 4.11. The number of anilines is 3. The van der Waals surface area contributed by atoms with E-state index in [1.165, 1.54) is 11.8 Å². The van der Waals surface area contributed by atoms with E-state index in [0.717, 1.165) is 16.9 Å². The van der Waals surface area contributed by atoms with Crippen LogP contribution < -0.4 is 15.4 Å². The Morgan fingerprint density at radius 1 is 1.07 bits per heavy atom. The summed E-state index contributed by atoms with van der Waals surface area (Å²) < 4.78 is 5.12. The van der Waals surface area contributed by atoms with E-state index in [1.54, 1.807) is 37.6 Å². The lowest BCUT2D eigenvalue weighted by atomic mass is 10.1. The van der Waals surface area contributed by atoms with Crippen molar-refractivity contribution >= 4 is 34.6 Å². The normalized spacial score (nSPS) is 10.4. The van der Waals surface area contributed by atoms with Gasteiger partial charge in [0.25, 0.3) is 5.91 Å². The monoisotopic (exact) mass is 381 g/mol. The van der Waals surface area contributed by atoms with Crippen molar-refractivity contribution in [3.05, 3.63) is 76.6 Å². The zero-order chi connectivity index (χ0) is 19.4. The highest BCUT2D eigenvalue weighted by atomic mass is 35.5. The van der Waals surface area contributed by atoms with Crippen LogP contribution in [0.4, 0.5) is 17.1 Å². The molecule has 3 rings (SSSR count). The van der Waals surface area contributed by atoms with Crippen LogP contribution in [0.5, 0.6) is 5.75 Å². The summed E-state index contributed by atoms with van der Waals surface area (Å²) in [6, 6.07) is 12.9. The SMILES string of the molecule is COc1ccc(NC(=O)c2cncc(Nc3cccc(C)c3C)c2)cc1Cl. The number of halogens is 1. The number of nitrogens with one attached hydrogen (secondary N) is 2. The first-order valence-corrected chi connectivity index (χ1v) is 8.79. The smallest absolute Gasteiger partial charge is 0.257 e. The number of ether oxygens (including phenoxy) is 1. The fourth-order valence-electron chi connectivity index (χ4n) is 2.62. The van der Waals surface area contributed by atoms with Gasteiger partial charge in [-0.25, -0.2) is 0 Å². The zero-order valence-electron chi connectivity index (χ0n) is 15.3. The Hall–Kier alpha value is -3.05. The molecule has 0 saturated carbocycles. The highest BCUT2D eigenvalue weighted by Crippen LogP contribution is 2.28. The van der Waals surface area contributed by atoms with Gasteiger partial charge in [-0.05, 0) is 55.3 Å². The summed E-state index contributed by atoms with van der Waals surface area (Å²) in [5.74, 6) is 0.282. The van der Waals surface area contributed by atoms with Crippen molar-refractivity contribution < 1.29 is 9.53 Å². The lowest BCUT2D eigenvalue weighted by Crippen LogP contribution is -2.12. The summed E-state index contributed by atoms with van der Waals surface area (Å²) in [4.78, 5) is 16.7. The van der Waals surface area contributed by atoms with Crippen LogP contribution >= 0.6 is 11.6 Å².